The fraction of sp³-hybridized carbons (Fsp3) is 0.222. The zero-order chi connectivity index (χ0) is 22.5. The van der Waals surface area contributed by atoms with Crippen LogP contribution in [0.2, 0.25) is 10.3 Å². The first-order valence-electron chi connectivity index (χ1n) is 8.88. The average Bonchev–Trinajstić information content (AvgIpc) is 3.32. The monoisotopic (exact) mass is 528 g/mol. The summed E-state index contributed by atoms with van der Waals surface area (Å²) in [5.74, 6) is -0.880. The zero-order valence-corrected chi connectivity index (χ0v) is 19.3. The van der Waals surface area contributed by atoms with E-state index in [1.807, 2.05) is 0 Å². The number of esters is 2. The first-order chi connectivity index (χ1) is 14.9. The van der Waals surface area contributed by atoms with Gasteiger partial charge in [0.2, 0.25) is 0 Å². The second-order valence-electron chi connectivity index (χ2n) is 5.75. The molecule has 4 aromatic rings. The van der Waals surface area contributed by atoms with Crippen LogP contribution in [-0.2, 0) is 9.47 Å². The number of hydrogen-bond donors (Lipinski definition) is 2. The van der Waals surface area contributed by atoms with Crippen molar-refractivity contribution < 1.29 is 19.1 Å². The van der Waals surface area contributed by atoms with Gasteiger partial charge in [-0.05, 0) is 35.8 Å². The van der Waals surface area contributed by atoms with Crippen molar-refractivity contribution in [3.63, 3.8) is 0 Å². The highest BCUT2D eigenvalue weighted by Gasteiger charge is 2.19. The van der Waals surface area contributed by atoms with Crippen LogP contribution in [0, 0.1) is 0 Å². The summed E-state index contributed by atoms with van der Waals surface area (Å²) in [5, 5.41) is 1.78. The number of aromatic nitrogens is 6. The van der Waals surface area contributed by atoms with E-state index >= 15 is 0 Å². The zero-order valence-electron chi connectivity index (χ0n) is 16.2. The van der Waals surface area contributed by atoms with E-state index in [0.717, 1.165) is 0 Å². The van der Waals surface area contributed by atoms with Crippen LogP contribution in [0.25, 0.3) is 22.1 Å². The molecule has 0 spiro atoms. The summed E-state index contributed by atoms with van der Waals surface area (Å²) < 4.78 is 10.2. The van der Waals surface area contributed by atoms with Gasteiger partial charge in [-0.1, -0.05) is 23.2 Å². The molecule has 2 N–H and O–H groups in total. The van der Waals surface area contributed by atoms with Crippen LogP contribution in [0.15, 0.2) is 23.2 Å². The number of nitrogens with zero attached hydrogens (tertiary/aromatic N) is 4. The normalized spacial score (nSPS) is 10.6. The van der Waals surface area contributed by atoms with E-state index in [-0.39, 0.29) is 5.15 Å². The Morgan fingerprint density at radius 2 is 1.55 bits per heavy atom. The predicted molar refractivity (Wildman–Crippen MR) is 117 cm³/mol. The Morgan fingerprint density at radius 1 is 0.935 bits per heavy atom. The Bertz CT molecular complexity index is 1260. The maximum Gasteiger partial charge on any atom is 0.355 e. The molecule has 0 aliphatic carbocycles. The molecule has 0 bridgehead atoms. The Labute approximate surface area is 193 Å². The van der Waals surface area contributed by atoms with Gasteiger partial charge >= 0.3 is 11.9 Å². The van der Waals surface area contributed by atoms with Crippen molar-refractivity contribution in [2.45, 2.75) is 13.8 Å². The number of nitrogens with one attached hydrogen (secondary N) is 2. The molecule has 0 aliphatic rings. The number of fused-ring (bicyclic) bond motifs is 2. The molecule has 0 saturated carbocycles. The molecule has 31 heavy (non-hydrogen) atoms. The van der Waals surface area contributed by atoms with Crippen molar-refractivity contribution in [3.05, 3.63) is 44.9 Å². The number of H-pyrrole nitrogens is 2. The van der Waals surface area contributed by atoms with Gasteiger partial charge in [-0.25, -0.2) is 29.5 Å². The van der Waals surface area contributed by atoms with Crippen LogP contribution in [0.3, 0.4) is 0 Å². The van der Waals surface area contributed by atoms with Crippen LogP contribution in [0.1, 0.15) is 34.8 Å². The maximum atomic E-state index is 11.6. The van der Waals surface area contributed by atoms with Crippen LogP contribution < -0.4 is 0 Å². The topological polar surface area (TPSA) is 136 Å². The molecule has 0 unspecified atom stereocenters. The van der Waals surface area contributed by atoms with Gasteiger partial charge in [0.15, 0.2) is 0 Å². The molecule has 0 fully saturated rings. The van der Waals surface area contributed by atoms with Crippen LogP contribution in [0.4, 0.5) is 0 Å². The van der Waals surface area contributed by atoms with E-state index in [1.54, 1.807) is 19.9 Å². The highest BCUT2D eigenvalue weighted by atomic mass is 79.9. The molecular formula is C18H15BrCl2N6O4. The summed E-state index contributed by atoms with van der Waals surface area (Å²) in [6.07, 6.45) is 2.65. The summed E-state index contributed by atoms with van der Waals surface area (Å²) in [6, 6.07) is 1.58. The van der Waals surface area contributed by atoms with Crippen molar-refractivity contribution in [2.24, 2.45) is 0 Å². The van der Waals surface area contributed by atoms with E-state index in [2.05, 4.69) is 45.8 Å². The summed E-state index contributed by atoms with van der Waals surface area (Å²) in [5.41, 5.74) is 1.64. The maximum absolute atomic E-state index is 11.6. The van der Waals surface area contributed by atoms with Crippen LogP contribution >= 0.6 is 39.1 Å². The molecule has 10 nitrogen and oxygen atoms in total. The molecule has 4 heterocycles. The summed E-state index contributed by atoms with van der Waals surface area (Å²) >= 11 is 15.0. The molecule has 13 heteroatoms. The van der Waals surface area contributed by atoms with Crippen molar-refractivity contribution in [2.75, 3.05) is 13.2 Å². The molecule has 4 rings (SSSR count). The van der Waals surface area contributed by atoms with Crippen molar-refractivity contribution in [3.8, 4) is 0 Å². The molecule has 0 radical (unpaired) electrons. The standard InChI is InChI=1S/C9H7BrClN3O2.C9H8ClN3O2/c1-2-16-9(15)6-5(10)4-7(11)12-3-13-8(4)14-6;1-2-15-9(14)6-3-5-7(10)11-4-12-8(5)13-6/h3H,2H2,1H3,(H,12,13,14);3-4H,2H2,1H3,(H,11,12,13). The van der Waals surface area contributed by atoms with Crippen LogP contribution in [0.5, 0.6) is 0 Å². The van der Waals surface area contributed by atoms with Gasteiger partial charge in [0.1, 0.15) is 45.6 Å². The number of rotatable bonds is 4. The minimum absolute atomic E-state index is 0.281. The number of ether oxygens (including phenoxy) is 2. The molecule has 162 valence electrons. The minimum Gasteiger partial charge on any atom is -0.461 e. The Kier molecular flexibility index (Phi) is 7.42. The molecule has 4 aromatic heterocycles. The molecule has 0 saturated heterocycles. The lowest BCUT2D eigenvalue weighted by Crippen LogP contribution is -2.05. The van der Waals surface area contributed by atoms with Gasteiger partial charge in [-0.2, -0.15) is 0 Å². The van der Waals surface area contributed by atoms with E-state index in [0.29, 0.717) is 56.3 Å². The molecular weight excluding hydrogens is 515 g/mol. The van der Waals surface area contributed by atoms with Crippen molar-refractivity contribution in [1.29, 1.82) is 0 Å². The van der Waals surface area contributed by atoms with E-state index in [1.165, 1.54) is 12.7 Å². The van der Waals surface area contributed by atoms with E-state index < -0.39 is 11.9 Å². The highest BCUT2D eigenvalue weighted by molar-refractivity contribution is 9.10. The Hall–Kier alpha value is -2.76. The van der Waals surface area contributed by atoms with Gasteiger partial charge in [0.05, 0.1) is 28.5 Å². The number of halogens is 3. The summed E-state index contributed by atoms with van der Waals surface area (Å²) in [7, 11) is 0. The second-order valence-corrected chi connectivity index (χ2v) is 7.26. The Morgan fingerprint density at radius 3 is 2.16 bits per heavy atom. The minimum atomic E-state index is -0.455. The quantitative estimate of drug-likeness (QED) is 0.294. The van der Waals surface area contributed by atoms with Crippen molar-refractivity contribution >= 4 is 73.1 Å². The fourth-order valence-corrected chi connectivity index (χ4v) is 3.69. The van der Waals surface area contributed by atoms with Crippen LogP contribution in [-0.4, -0.2) is 55.1 Å². The third kappa shape index (κ3) is 4.94. The number of hydrogen-bond acceptors (Lipinski definition) is 8. The third-order valence-electron chi connectivity index (χ3n) is 3.84. The smallest absolute Gasteiger partial charge is 0.355 e. The summed E-state index contributed by atoms with van der Waals surface area (Å²) in [6.45, 7) is 4.11. The predicted octanol–water partition coefficient (Wildman–Crippen LogP) is 4.34. The van der Waals surface area contributed by atoms with E-state index in [4.69, 9.17) is 32.7 Å². The second kappa shape index (κ2) is 10.0. The van der Waals surface area contributed by atoms with Gasteiger partial charge in [0.25, 0.3) is 0 Å². The van der Waals surface area contributed by atoms with Gasteiger partial charge in [-0.3, -0.25) is 0 Å². The number of carbonyl (C=O) groups excluding carboxylic acids is 2. The molecule has 0 aliphatic heterocycles. The van der Waals surface area contributed by atoms with E-state index in [9.17, 15) is 9.59 Å². The summed E-state index contributed by atoms with van der Waals surface area (Å²) in [4.78, 5) is 44.2. The van der Waals surface area contributed by atoms with Gasteiger partial charge < -0.3 is 19.4 Å². The first kappa shape index (κ1) is 22.9. The largest absolute Gasteiger partial charge is 0.461 e. The molecule has 0 aromatic carbocycles. The SMILES string of the molecule is CCOC(=O)c1[nH]c2ncnc(Cl)c2c1Br.CCOC(=O)c1cc2c(Cl)ncnc2[nH]1. The first-order valence-corrected chi connectivity index (χ1v) is 10.4. The van der Waals surface area contributed by atoms with Gasteiger partial charge in [0, 0.05) is 0 Å². The average molecular weight is 530 g/mol. The van der Waals surface area contributed by atoms with Crippen molar-refractivity contribution in [1.82, 2.24) is 29.9 Å². The lowest BCUT2D eigenvalue weighted by Gasteiger charge is -1.98. The van der Waals surface area contributed by atoms with Gasteiger partial charge in [-0.15, -0.1) is 0 Å². The Balaban J connectivity index is 0.000000176. The highest BCUT2D eigenvalue weighted by Crippen LogP contribution is 2.31. The fourth-order valence-electron chi connectivity index (χ4n) is 2.52. The molecule has 0 amide bonds. The lowest BCUT2D eigenvalue weighted by atomic mass is 10.3. The third-order valence-corrected chi connectivity index (χ3v) is 5.22. The lowest BCUT2D eigenvalue weighted by molar-refractivity contribution is 0.0510. The number of aromatic amines is 2. The molecule has 0 atom stereocenters. The number of carbonyl (C=O) groups is 2.